The molecule has 1 aliphatic rings. The minimum atomic E-state index is 0. The van der Waals surface area contributed by atoms with E-state index in [9.17, 15) is 4.79 Å². The van der Waals surface area contributed by atoms with Crippen LogP contribution >= 0.6 is 36.4 Å². The molecular weight excluding hydrogens is 369 g/mol. The average molecular weight is 397 g/mol. The lowest BCUT2D eigenvalue weighted by molar-refractivity contribution is -0.131. The maximum absolute atomic E-state index is 12.2. The van der Waals surface area contributed by atoms with E-state index in [1.165, 1.54) is 5.69 Å². The Morgan fingerprint density at radius 1 is 0.958 bits per heavy atom. The molecule has 0 aliphatic carbocycles. The van der Waals surface area contributed by atoms with E-state index >= 15 is 0 Å². The minimum absolute atomic E-state index is 0. The topological polar surface area (TPSA) is 49.6 Å². The van der Waals surface area contributed by atoms with E-state index in [0.717, 1.165) is 63.4 Å². The molecule has 0 bridgehead atoms. The molecule has 1 saturated heterocycles. The standard InChI is InChI=1S/C17H26ClN3O.2ClH/c18-15-6-8-16(9-7-15)20-11-13-21(14-12-20)17(22)5-3-1-2-4-10-19;;/h6-9H,1-5,10-14,19H2;2*1H. The van der Waals surface area contributed by atoms with Gasteiger partial charge in [-0.15, -0.1) is 24.8 Å². The van der Waals surface area contributed by atoms with Crippen molar-refractivity contribution in [1.82, 2.24) is 4.90 Å². The van der Waals surface area contributed by atoms with Crippen LogP contribution in [0.15, 0.2) is 24.3 Å². The van der Waals surface area contributed by atoms with Gasteiger partial charge in [-0.25, -0.2) is 0 Å². The fourth-order valence-corrected chi connectivity index (χ4v) is 2.92. The summed E-state index contributed by atoms with van der Waals surface area (Å²) in [6.07, 6.45) is 4.96. The number of hydrogen-bond acceptors (Lipinski definition) is 3. The highest BCUT2D eigenvalue weighted by atomic mass is 35.5. The Hall–Kier alpha value is -0.680. The van der Waals surface area contributed by atoms with Gasteiger partial charge in [0.05, 0.1) is 0 Å². The molecule has 0 spiro atoms. The highest BCUT2D eigenvalue weighted by Crippen LogP contribution is 2.19. The highest BCUT2D eigenvalue weighted by molar-refractivity contribution is 6.30. The second-order valence-electron chi connectivity index (χ2n) is 5.80. The monoisotopic (exact) mass is 395 g/mol. The van der Waals surface area contributed by atoms with Crippen LogP contribution in [0.5, 0.6) is 0 Å². The van der Waals surface area contributed by atoms with Gasteiger partial charge >= 0.3 is 0 Å². The van der Waals surface area contributed by atoms with E-state index in [-0.39, 0.29) is 24.8 Å². The van der Waals surface area contributed by atoms with Gasteiger partial charge in [0.25, 0.3) is 0 Å². The molecule has 7 heteroatoms. The van der Waals surface area contributed by atoms with Crippen LogP contribution in [-0.2, 0) is 4.79 Å². The number of amides is 1. The zero-order valence-corrected chi connectivity index (χ0v) is 16.3. The van der Waals surface area contributed by atoms with E-state index in [0.29, 0.717) is 12.3 Å². The van der Waals surface area contributed by atoms with Crippen molar-refractivity contribution in [3.63, 3.8) is 0 Å². The van der Waals surface area contributed by atoms with Crippen LogP contribution in [0.3, 0.4) is 0 Å². The Balaban J connectivity index is 0.00000264. The number of hydrogen-bond donors (Lipinski definition) is 1. The number of rotatable bonds is 7. The molecule has 1 aromatic rings. The number of anilines is 1. The molecule has 0 saturated carbocycles. The Bertz CT molecular complexity index is 463. The lowest BCUT2D eigenvalue weighted by Crippen LogP contribution is -2.48. The third kappa shape index (κ3) is 7.47. The number of nitrogens with zero attached hydrogens (tertiary/aromatic N) is 2. The Labute approximate surface area is 162 Å². The number of unbranched alkanes of at least 4 members (excludes halogenated alkanes) is 3. The third-order valence-electron chi connectivity index (χ3n) is 4.17. The first kappa shape index (κ1) is 23.3. The van der Waals surface area contributed by atoms with E-state index in [1.807, 2.05) is 29.2 Å². The SMILES string of the molecule is Cl.Cl.NCCCCCCC(=O)N1CCN(c2ccc(Cl)cc2)CC1. The van der Waals surface area contributed by atoms with Gasteiger partial charge < -0.3 is 15.5 Å². The third-order valence-corrected chi connectivity index (χ3v) is 4.42. The van der Waals surface area contributed by atoms with Crippen molar-refractivity contribution in [2.24, 2.45) is 5.73 Å². The quantitative estimate of drug-likeness (QED) is 0.714. The zero-order valence-electron chi connectivity index (χ0n) is 14.0. The molecule has 138 valence electrons. The van der Waals surface area contributed by atoms with Gasteiger partial charge in [0.1, 0.15) is 0 Å². The van der Waals surface area contributed by atoms with Gasteiger partial charge in [-0.3, -0.25) is 4.79 Å². The van der Waals surface area contributed by atoms with Crippen LogP contribution in [0.4, 0.5) is 5.69 Å². The lowest BCUT2D eigenvalue weighted by Gasteiger charge is -2.36. The fourth-order valence-electron chi connectivity index (χ4n) is 2.80. The molecule has 1 aliphatic heterocycles. The normalized spacial score (nSPS) is 13.9. The predicted molar refractivity (Wildman–Crippen MR) is 107 cm³/mol. The Morgan fingerprint density at radius 2 is 1.54 bits per heavy atom. The van der Waals surface area contributed by atoms with Crippen molar-refractivity contribution >= 4 is 48.0 Å². The lowest BCUT2D eigenvalue weighted by atomic mass is 10.1. The Kier molecular flexibility index (Phi) is 12.3. The smallest absolute Gasteiger partial charge is 0.222 e. The summed E-state index contributed by atoms with van der Waals surface area (Å²) < 4.78 is 0. The summed E-state index contributed by atoms with van der Waals surface area (Å²) in [5.41, 5.74) is 6.65. The fraction of sp³-hybridized carbons (Fsp3) is 0.588. The van der Waals surface area contributed by atoms with Crippen molar-refractivity contribution in [3.05, 3.63) is 29.3 Å². The van der Waals surface area contributed by atoms with Crippen molar-refractivity contribution in [2.75, 3.05) is 37.6 Å². The minimum Gasteiger partial charge on any atom is -0.368 e. The molecule has 24 heavy (non-hydrogen) atoms. The summed E-state index contributed by atoms with van der Waals surface area (Å²) in [6.45, 7) is 4.15. The number of piperazine rings is 1. The van der Waals surface area contributed by atoms with Crippen LogP contribution in [0, 0.1) is 0 Å². The first-order valence-electron chi connectivity index (χ1n) is 8.19. The molecule has 2 rings (SSSR count). The summed E-state index contributed by atoms with van der Waals surface area (Å²) in [5.74, 6) is 0.295. The second kappa shape index (κ2) is 12.6. The van der Waals surface area contributed by atoms with E-state index in [1.54, 1.807) is 0 Å². The van der Waals surface area contributed by atoms with E-state index < -0.39 is 0 Å². The van der Waals surface area contributed by atoms with Crippen molar-refractivity contribution in [2.45, 2.75) is 32.1 Å². The van der Waals surface area contributed by atoms with Crippen LogP contribution in [0.1, 0.15) is 32.1 Å². The molecule has 1 aromatic carbocycles. The van der Waals surface area contributed by atoms with E-state index in [4.69, 9.17) is 17.3 Å². The Morgan fingerprint density at radius 3 is 2.12 bits per heavy atom. The van der Waals surface area contributed by atoms with Crippen LogP contribution in [0.25, 0.3) is 0 Å². The molecule has 1 fully saturated rings. The van der Waals surface area contributed by atoms with Crippen molar-refractivity contribution in [1.29, 1.82) is 0 Å². The van der Waals surface area contributed by atoms with Crippen molar-refractivity contribution < 1.29 is 4.79 Å². The van der Waals surface area contributed by atoms with Crippen LogP contribution in [0.2, 0.25) is 5.02 Å². The van der Waals surface area contributed by atoms with E-state index in [2.05, 4.69) is 4.90 Å². The van der Waals surface area contributed by atoms with Crippen LogP contribution < -0.4 is 10.6 Å². The van der Waals surface area contributed by atoms with Gasteiger partial charge in [-0.05, 0) is 43.7 Å². The number of nitrogens with two attached hydrogens (primary N) is 1. The summed E-state index contributed by atoms with van der Waals surface area (Å²) in [4.78, 5) is 16.5. The molecule has 0 radical (unpaired) electrons. The number of benzene rings is 1. The second-order valence-corrected chi connectivity index (χ2v) is 6.23. The first-order chi connectivity index (χ1) is 10.7. The molecule has 1 amide bonds. The predicted octanol–water partition coefficient (Wildman–Crippen LogP) is 3.74. The molecule has 1 heterocycles. The van der Waals surface area contributed by atoms with Gasteiger partial charge in [-0.2, -0.15) is 0 Å². The maximum Gasteiger partial charge on any atom is 0.222 e. The number of carbonyl (C=O) groups is 1. The summed E-state index contributed by atoms with van der Waals surface area (Å²) >= 11 is 5.92. The molecule has 2 N–H and O–H groups in total. The molecule has 0 atom stereocenters. The maximum atomic E-state index is 12.2. The van der Waals surface area contributed by atoms with Gasteiger partial charge in [0.2, 0.25) is 5.91 Å². The van der Waals surface area contributed by atoms with Gasteiger partial charge in [0.15, 0.2) is 0 Å². The van der Waals surface area contributed by atoms with Gasteiger partial charge in [0, 0.05) is 43.3 Å². The molecular formula is C17H28Cl3N3O. The summed E-state index contributed by atoms with van der Waals surface area (Å²) in [7, 11) is 0. The zero-order chi connectivity index (χ0) is 15.8. The summed E-state index contributed by atoms with van der Waals surface area (Å²) in [6, 6.07) is 7.90. The van der Waals surface area contributed by atoms with Crippen LogP contribution in [-0.4, -0.2) is 43.5 Å². The molecule has 0 unspecified atom stereocenters. The summed E-state index contributed by atoms with van der Waals surface area (Å²) in [5, 5.41) is 0.757. The molecule has 0 aromatic heterocycles. The highest BCUT2D eigenvalue weighted by Gasteiger charge is 2.20. The number of carbonyl (C=O) groups excluding carboxylic acids is 1. The average Bonchev–Trinajstić information content (AvgIpc) is 2.55. The first-order valence-corrected chi connectivity index (χ1v) is 8.57. The van der Waals surface area contributed by atoms with Gasteiger partial charge in [-0.1, -0.05) is 24.4 Å². The molecule has 4 nitrogen and oxygen atoms in total. The number of halogens is 3. The van der Waals surface area contributed by atoms with Crippen molar-refractivity contribution in [3.8, 4) is 0 Å². The largest absolute Gasteiger partial charge is 0.368 e.